The third kappa shape index (κ3) is 6.09. The topological polar surface area (TPSA) is 12.0 Å². The molecule has 1 heteroatoms. The maximum absolute atomic E-state index is 3.65. The summed E-state index contributed by atoms with van der Waals surface area (Å²) in [6.45, 7) is 13.7. The fourth-order valence-corrected chi connectivity index (χ4v) is 1.27. The highest BCUT2D eigenvalue weighted by molar-refractivity contribution is 4.78. The van der Waals surface area contributed by atoms with Crippen molar-refractivity contribution in [3.05, 3.63) is 0 Å². The Morgan fingerprint density at radius 1 is 1.15 bits per heavy atom. The summed E-state index contributed by atoms with van der Waals surface area (Å²) in [5.41, 5.74) is 0.375. The highest BCUT2D eigenvalue weighted by atomic mass is 14.9. The van der Waals surface area contributed by atoms with Crippen molar-refractivity contribution >= 4 is 0 Å². The Labute approximate surface area is 84.3 Å². The Kier molecular flexibility index (Phi) is 5.62. The van der Waals surface area contributed by atoms with Gasteiger partial charge in [0.2, 0.25) is 0 Å². The van der Waals surface area contributed by atoms with Gasteiger partial charge in [-0.3, -0.25) is 0 Å². The van der Waals surface area contributed by atoms with Crippen LogP contribution in [-0.2, 0) is 0 Å². The van der Waals surface area contributed by atoms with Gasteiger partial charge in [-0.05, 0) is 25.7 Å². The minimum Gasteiger partial charge on any atom is -0.311 e. The molecular formula is C12H27N. The molecule has 1 N–H and O–H groups in total. The van der Waals surface area contributed by atoms with Gasteiger partial charge in [0.15, 0.2) is 0 Å². The molecule has 0 aromatic rings. The third-order valence-electron chi connectivity index (χ3n) is 2.82. The molecule has 0 aliphatic heterocycles. The van der Waals surface area contributed by atoms with Crippen LogP contribution in [-0.4, -0.2) is 12.1 Å². The minimum absolute atomic E-state index is 0.375. The van der Waals surface area contributed by atoms with E-state index in [4.69, 9.17) is 0 Å². The molecule has 80 valence electrons. The Bertz CT molecular complexity index is 124. The van der Waals surface area contributed by atoms with E-state index in [1.54, 1.807) is 0 Å². The van der Waals surface area contributed by atoms with Crippen molar-refractivity contribution in [3.8, 4) is 0 Å². The standard InChI is InChI=1S/C12H27N/c1-7-8-9-10(2)13-11(3)12(4,5)6/h10-11,13H,7-9H2,1-6H3. The molecule has 0 aromatic carbocycles. The summed E-state index contributed by atoms with van der Waals surface area (Å²) in [6, 6.07) is 1.26. The van der Waals surface area contributed by atoms with Crippen LogP contribution in [0.5, 0.6) is 0 Å². The number of nitrogens with one attached hydrogen (secondary N) is 1. The van der Waals surface area contributed by atoms with Crippen LogP contribution in [0, 0.1) is 5.41 Å². The normalized spacial score (nSPS) is 17.1. The lowest BCUT2D eigenvalue weighted by Gasteiger charge is -2.31. The monoisotopic (exact) mass is 185 g/mol. The first-order valence-electron chi connectivity index (χ1n) is 5.64. The lowest BCUT2D eigenvalue weighted by atomic mass is 9.87. The van der Waals surface area contributed by atoms with Gasteiger partial charge >= 0.3 is 0 Å². The minimum atomic E-state index is 0.375. The molecule has 0 amide bonds. The molecule has 0 heterocycles. The molecule has 0 aromatic heterocycles. The SMILES string of the molecule is CCCCC(C)NC(C)C(C)(C)C. The fraction of sp³-hybridized carbons (Fsp3) is 1.00. The highest BCUT2D eigenvalue weighted by Crippen LogP contribution is 2.19. The largest absolute Gasteiger partial charge is 0.311 e. The third-order valence-corrected chi connectivity index (χ3v) is 2.82. The molecule has 0 bridgehead atoms. The number of rotatable bonds is 5. The molecule has 0 fully saturated rings. The second kappa shape index (κ2) is 5.64. The second-order valence-corrected chi connectivity index (χ2v) is 5.30. The van der Waals surface area contributed by atoms with Crippen molar-refractivity contribution < 1.29 is 0 Å². The van der Waals surface area contributed by atoms with Crippen LogP contribution in [0.3, 0.4) is 0 Å². The van der Waals surface area contributed by atoms with E-state index >= 15 is 0 Å². The van der Waals surface area contributed by atoms with Crippen LogP contribution in [0.4, 0.5) is 0 Å². The summed E-state index contributed by atoms with van der Waals surface area (Å²) in [7, 11) is 0. The van der Waals surface area contributed by atoms with Gasteiger partial charge in [0, 0.05) is 12.1 Å². The molecule has 1 nitrogen and oxygen atoms in total. The number of hydrogen-bond acceptors (Lipinski definition) is 1. The van der Waals surface area contributed by atoms with E-state index in [1.165, 1.54) is 19.3 Å². The molecule has 0 saturated heterocycles. The summed E-state index contributed by atoms with van der Waals surface area (Å²) < 4.78 is 0. The zero-order chi connectivity index (χ0) is 10.5. The van der Waals surface area contributed by atoms with Gasteiger partial charge in [-0.15, -0.1) is 0 Å². The molecule has 0 aliphatic rings. The van der Waals surface area contributed by atoms with Crippen molar-refractivity contribution in [2.45, 2.75) is 72.9 Å². The van der Waals surface area contributed by atoms with Gasteiger partial charge in [0.25, 0.3) is 0 Å². The van der Waals surface area contributed by atoms with Crippen LogP contribution in [0.1, 0.15) is 60.8 Å². The first-order valence-corrected chi connectivity index (χ1v) is 5.64. The molecule has 2 atom stereocenters. The van der Waals surface area contributed by atoms with Crippen LogP contribution in [0.15, 0.2) is 0 Å². The summed E-state index contributed by atoms with van der Waals surface area (Å²) in [4.78, 5) is 0. The van der Waals surface area contributed by atoms with Crippen molar-refractivity contribution in [2.24, 2.45) is 5.41 Å². The zero-order valence-electron chi connectivity index (χ0n) is 10.3. The maximum atomic E-state index is 3.65. The molecule has 0 spiro atoms. The van der Waals surface area contributed by atoms with Gasteiger partial charge in [-0.2, -0.15) is 0 Å². The summed E-state index contributed by atoms with van der Waals surface area (Å²) in [5, 5.41) is 3.65. The number of unbranched alkanes of at least 4 members (excludes halogenated alkanes) is 1. The lowest BCUT2D eigenvalue weighted by molar-refractivity contribution is 0.261. The van der Waals surface area contributed by atoms with Gasteiger partial charge in [0.1, 0.15) is 0 Å². The van der Waals surface area contributed by atoms with Crippen molar-refractivity contribution in [3.63, 3.8) is 0 Å². The van der Waals surface area contributed by atoms with Crippen LogP contribution < -0.4 is 5.32 Å². The first kappa shape index (κ1) is 13.0. The van der Waals surface area contributed by atoms with E-state index in [2.05, 4.69) is 46.9 Å². The lowest BCUT2D eigenvalue weighted by Crippen LogP contribution is -2.42. The summed E-state index contributed by atoms with van der Waals surface area (Å²) in [5.74, 6) is 0. The Hall–Kier alpha value is -0.0400. The van der Waals surface area contributed by atoms with Crippen LogP contribution in [0.25, 0.3) is 0 Å². The molecule has 0 rings (SSSR count). The van der Waals surface area contributed by atoms with E-state index in [-0.39, 0.29) is 0 Å². The number of hydrogen-bond donors (Lipinski definition) is 1. The van der Waals surface area contributed by atoms with Gasteiger partial charge in [0.05, 0.1) is 0 Å². The molecule has 0 aliphatic carbocycles. The van der Waals surface area contributed by atoms with Crippen molar-refractivity contribution in [2.75, 3.05) is 0 Å². The maximum Gasteiger partial charge on any atom is 0.00897 e. The average Bonchev–Trinajstić information content (AvgIpc) is 1.99. The first-order chi connectivity index (χ1) is 5.88. The Morgan fingerprint density at radius 2 is 1.69 bits per heavy atom. The predicted molar refractivity (Wildman–Crippen MR) is 61.0 cm³/mol. The molecule has 0 saturated carbocycles. The fourth-order valence-electron chi connectivity index (χ4n) is 1.27. The zero-order valence-corrected chi connectivity index (χ0v) is 10.3. The Morgan fingerprint density at radius 3 is 2.08 bits per heavy atom. The molecule has 2 unspecified atom stereocenters. The summed E-state index contributed by atoms with van der Waals surface area (Å²) in [6.07, 6.45) is 3.94. The van der Waals surface area contributed by atoms with E-state index in [0.717, 1.165) is 0 Å². The van der Waals surface area contributed by atoms with Gasteiger partial charge in [-0.1, -0.05) is 40.5 Å². The van der Waals surface area contributed by atoms with Crippen molar-refractivity contribution in [1.29, 1.82) is 0 Å². The van der Waals surface area contributed by atoms with E-state index < -0.39 is 0 Å². The summed E-state index contributed by atoms with van der Waals surface area (Å²) >= 11 is 0. The van der Waals surface area contributed by atoms with Crippen LogP contribution >= 0.6 is 0 Å². The quantitative estimate of drug-likeness (QED) is 0.690. The van der Waals surface area contributed by atoms with E-state index in [0.29, 0.717) is 17.5 Å². The van der Waals surface area contributed by atoms with Gasteiger partial charge < -0.3 is 5.32 Å². The van der Waals surface area contributed by atoms with Crippen molar-refractivity contribution in [1.82, 2.24) is 5.32 Å². The average molecular weight is 185 g/mol. The smallest absolute Gasteiger partial charge is 0.00897 e. The van der Waals surface area contributed by atoms with E-state index in [9.17, 15) is 0 Å². The molecular weight excluding hydrogens is 158 g/mol. The van der Waals surface area contributed by atoms with Gasteiger partial charge in [-0.25, -0.2) is 0 Å². The predicted octanol–water partition coefficient (Wildman–Crippen LogP) is 3.59. The molecule has 13 heavy (non-hydrogen) atoms. The van der Waals surface area contributed by atoms with E-state index in [1.807, 2.05) is 0 Å². The Balaban J connectivity index is 3.71. The second-order valence-electron chi connectivity index (χ2n) is 5.30. The highest BCUT2D eigenvalue weighted by Gasteiger charge is 2.20. The molecule has 0 radical (unpaired) electrons. The van der Waals surface area contributed by atoms with Crippen LogP contribution in [0.2, 0.25) is 0 Å².